The quantitative estimate of drug-likeness (QED) is 0.210. The van der Waals surface area contributed by atoms with Crippen molar-refractivity contribution in [1.82, 2.24) is 0 Å². The fourth-order valence-corrected chi connectivity index (χ4v) is 3.83. The van der Waals surface area contributed by atoms with Crippen LogP contribution in [0.3, 0.4) is 0 Å². The molecule has 178 valence electrons. The number of ether oxygens (including phenoxy) is 2. The average Bonchev–Trinajstić information content (AvgIpc) is 2.65. The van der Waals surface area contributed by atoms with Crippen molar-refractivity contribution in [2.24, 2.45) is 5.41 Å². The molecule has 1 aromatic carbocycles. The van der Waals surface area contributed by atoms with E-state index in [2.05, 4.69) is 0 Å². The first-order valence-corrected chi connectivity index (χ1v) is 12.3. The van der Waals surface area contributed by atoms with Crippen LogP contribution < -0.4 is 0 Å². The van der Waals surface area contributed by atoms with E-state index in [9.17, 15) is 27.6 Å². The Kier molecular flexibility index (Phi) is 9.32. The van der Waals surface area contributed by atoms with Gasteiger partial charge in [-0.15, -0.1) is 0 Å². The molecule has 1 rings (SSSR count). The third kappa shape index (κ3) is 7.25. The molecule has 9 heteroatoms. The van der Waals surface area contributed by atoms with Crippen molar-refractivity contribution in [2.75, 3.05) is 12.9 Å². The molecule has 1 unspecified atom stereocenters. The van der Waals surface area contributed by atoms with Crippen molar-refractivity contribution in [1.29, 1.82) is 0 Å². The topological polar surface area (TPSA) is 121 Å². The van der Waals surface area contributed by atoms with Crippen molar-refractivity contribution in [3.8, 4) is 0 Å². The van der Waals surface area contributed by atoms with Gasteiger partial charge in [0.2, 0.25) is 0 Å². The summed E-state index contributed by atoms with van der Waals surface area (Å²) in [7, 11) is -3.61. The summed E-state index contributed by atoms with van der Waals surface area (Å²) < 4.78 is 34.2. The molecule has 0 aromatic heterocycles. The highest BCUT2D eigenvalue weighted by Gasteiger charge is 2.52. The van der Waals surface area contributed by atoms with Gasteiger partial charge >= 0.3 is 11.9 Å². The normalized spacial score (nSPS) is 13.7. The van der Waals surface area contributed by atoms with Gasteiger partial charge in [-0.2, -0.15) is 0 Å². The minimum absolute atomic E-state index is 0.0773. The molecule has 0 aliphatic rings. The van der Waals surface area contributed by atoms with Crippen molar-refractivity contribution in [3.05, 3.63) is 29.8 Å². The fourth-order valence-electron chi connectivity index (χ4n) is 3.16. The van der Waals surface area contributed by atoms with Crippen LogP contribution in [-0.2, 0) is 33.7 Å². The summed E-state index contributed by atoms with van der Waals surface area (Å²) in [4.78, 5) is 51.0. The number of ketones is 2. The van der Waals surface area contributed by atoms with E-state index in [-0.39, 0.29) is 36.3 Å². The lowest BCUT2D eigenvalue weighted by atomic mass is 9.73. The Bertz CT molecular complexity index is 972. The summed E-state index contributed by atoms with van der Waals surface area (Å²) in [6.07, 6.45) is 1.40. The number of sulfone groups is 1. The van der Waals surface area contributed by atoms with E-state index in [1.165, 1.54) is 18.2 Å². The van der Waals surface area contributed by atoms with E-state index >= 15 is 0 Å². The first-order chi connectivity index (χ1) is 14.6. The van der Waals surface area contributed by atoms with Gasteiger partial charge in [-0.05, 0) is 59.6 Å². The van der Waals surface area contributed by atoms with Gasteiger partial charge in [-0.3, -0.25) is 19.2 Å². The summed E-state index contributed by atoms with van der Waals surface area (Å²) in [6.45, 7) is 7.91. The Balaban J connectivity index is 3.39. The first-order valence-electron chi connectivity index (χ1n) is 10.4. The summed E-state index contributed by atoms with van der Waals surface area (Å²) in [5, 5.41) is 0. The highest BCUT2D eigenvalue weighted by atomic mass is 32.2. The van der Waals surface area contributed by atoms with Crippen LogP contribution in [0.15, 0.2) is 29.2 Å². The van der Waals surface area contributed by atoms with Gasteiger partial charge in [0.25, 0.3) is 0 Å². The lowest BCUT2D eigenvalue weighted by Gasteiger charge is -2.31. The van der Waals surface area contributed by atoms with Crippen LogP contribution in [-0.4, -0.2) is 50.4 Å². The van der Waals surface area contributed by atoms with Crippen molar-refractivity contribution < 1.29 is 37.1 Å². The summed E-state index contributed by atoms with van der Waals surface area (Å²) in [6, 6.07) is 5.22. The maximum absolute atomic E-state index is 13.5. The molecule has 0 saturated carbocycles. The fraction of sp³-hybridized carbons (Fsp3) is 0.565. The maximum Gasteiger partial charge on any atom is 0.328 e. The van der Waals surface area contributed by atoms with E-state index in [1.807, 2.05) is 0 Å². The highest BCUT2D eigenvalue weighted by molar-refractivity contribution is 7.90. The monoisotopic (exact) mass is 468 g/mol. The molecule has 0 N–H and O–H groups in total. The van der Waals surface area contributed by atoms with Crippen LogP contribution >= 0.6 is 0 Å². The zero-order valence-corrected chi connectivity index (χ0v) is 20.3. The average molecular weight is 469 g/mol. The molecule has 32 heavy (non-hydrogen) atoms. The Morgan fingerprint density at radius 2 is 1.66 bits per heavy atom. The predicted molar refractivity (Wildman–Crippen MR) is 118 cm³/mol. The molecule has 0 radical (unpaired) electrons. The van der Waals surface area contributed by atoms with Gasteiger partial charge in [0.1, 0.15) is 5.60 Å². The van der Waals surface area contributed by atoms with Crippen LogP contribution in [0, 0.1) is 5.41 Å². The number of carbonyl (C=O) groups excluding carboxylic acids is 4. The van der Waals surface area contributed by atoms with E-state index in [1.54, 1.807) is 27.7 Å². The molecule has 1 atom stereocenters. The number of Topliss-reactive ketones (excluding diaryl/α,β-unsaturated/α-hetero) is 2. The molecular weight excluding hydrogens is 436 g/mol. The molecule has 0 fully saturated rings. The first kappa shape index (κ1) is 27.5. The van der Waals surface area contributed by atoms with Crippen molar-refractivity contribution >= 4 is 33.3 Å². The zero-order chi connectivity index (χ0) is 24.7. The molecule has 0 aliphatic heterocycles. The van der Waals surface area contributed by atoms with E-state index in [0.717, 1.165) is 19.2 Å². The number of carbonyl (C=O) groups is 4. The minimum Gasteiger partial charge on any atom is -0.466 e. The number of unbranched alkanes of at least 4 members (excludes halogenated alkanes) is 1. The number of hydrogen-bond acceptors (Lipinski definition) is 8. The van der Waals surface area contributed by atoms with Gasteiger partial charge < -0.3 is 9.47 Å². The number of benzene rings is 1. The van der Waals surface area contributed by atoms with Crippen LogP contribution in [0.2, 0.25) is 0 Å². The number of hydrogen-bond donors (Lipinski definition) is 0. The lowest BCUT2D eigenvalue weighted by Crippen LogP contribution is -2.48. The second-order valence-electron chi connectivity index (χ2n) is 8.60. The largest absolute Gasteiger partial charge is 0.466 e. The third-order valence-corrected chi connectivity index (χ3v) is 5.86. The smallest absolute Gasteiger partial charge is 0.328 e. The minimum atomic E-state index is -3.61. The summed E-state index contributed by atoms with van der Waals surface area (Å²) >= 11 is 0. The molecule has 0 spiro atoms. The lowest BCUT2D eigenvalue weighted by molar-refractivity contribution is -0.167. The third-order valence-electron chi connectivity index (χ3n) is 4.75. The van der Waals surface area contributed by atoms with Crippen LogP contribution in [0.25, 0.3) is 0 Å². The van der Waals surface area contributed by atoms with Crippen LogP contribution in [0.5, 0.6) is 0 Å². The van der Waals surface area contributed by atoms with Crippen LogP contribution in [0.4, 0.5) is 0 Å². The molecule has 1 aromatic rings. The summed E-state index contributed by atoms with van der Waals surface area (Å²) in [5.74, 6) is -2.95. The highest BCUT2D eigenvalue weighted by Crippen LogP contribution is 2.35. The van der Waals surface area contributed by atoms with Gasteiger partial charge in [0.15, 0.2) is 26.8 Å². The Morgan fingerprint density at radius 3 is 2.16 bits per heavy atom. The van der Waals surface area contributed by atoms with Gasteiger partial charge in [0, 0.05) is 18.2 Å². The second kappa shape index (κ2) is 10.8. The van der Waals surface area contributed by atoms with E-state index in [0.29, 0.717) is 6.42 Å². The Labute approximate surface area is 189 Å². The predicted octanol–water partition coefficient (Wildman–Crippen LogP) is 3.31. The van der Waals surface area contributed by atoms with E-state index < -0.39 is 44.4 Å². The van der Waals surface area contributed by atoms with Crippen molar-refractivity contribution in [2.45, 2.75) is 70.8 Å². The number of esters is 2. The zero-order valence-electron chi connectivity index (χ0n) is 19.5. The standard InChI is InChI=1S/C23H32O8S/c1-7-30-19(25)13-8-9-14-23(16(2)24,21(27)31-22(3,4)5)20(26)17-11-10-12-18(15-17)32(6,28)29/h10-12,15H,7-9,13-14H2,1-6H3. The molecule has 0 bridgehead atoms. The SMILES string of the molecule is CCOC(=O)CCCCC(C(C)=O)(C(=O)OC(C)(C)C)C(=O)c1cccc(S(C)(=O)=O)c1. The van der Waals surface area contributed by atoms with Gasteiger partial charge in [0.05, 0.1) is 11.5 Å². The van der Waals surface area contributed by atoms with Gasteiger partial charge in [-0.25, -0.2) is 8.42 Å². The molecule has 0 aliphatic carbocycles. The molecule has 0 amide bonds. The molecular formula is C23H32O8S. The summed E-state index contributed by atoms with van der Waals surface area (Å²) in [5.41, 5.74) is -3.20. The maximum atomic E-state index is 13.5. The Hall–Kier alpha value is -2.55. The van der Waals surface area contributed by atoms with Crippen LogP contribution in [0.1, 0.15) is 70.7 Å². The molecule has 0 saturated heterocycles. The molecule has 0 heterocycles. The Morgan fingerprint density at radius 1 is 1.03 bits per heavy atom. The second-order valence-corrected chi connectivity index (χ2v) is 10.6. The number of rotatable bonds is 11. The van der Waals surface area contributed by atoms with E-state index in [4.69, 9.17) is 9.47 Å². The van der Waals surface area contributed by atoms with Gasteiger partial charge in [-0.1, -0.05) is 18.6 Å². The van der Waals surface area contributed by atoms with Crippen molar-refractivity contribution in [3.63, 3.8) is 0 Å². The molecule has 8 nitrogen and oxygen atoms in total.